The number of rotatable bonds is 6. The molecule has 0 bridgehead atoms. The van der Waals surface area contributed by atoms with Crippen LogP contribution >= 0.6 is 11.3 Å². The Morgan fingerprint density at radius 3 is 2.26 bits per heavy atom. The lowest BCUT2D eigenvalue weighted by atomic mass is 10.2. The van der Waals surface area contributed by atoms with Crippen molar-refractivity contribution in [3.05, 3.63) is 110 Å². The lowest BCUT2D eigenvalue weighted by Crippen LogP contribution is -2.23. The van der Waals surface area contributed by atoms with Crippen molar-refractivity contribution in [2.45, 2.75) is 18.4 Å². The molecule has 3 aromatic carbocycles. The first-order valence-corrected chi connectivity index (χ1v) is 13.1. The second-order valence-corrected chi connectivity index (χ2v) is 10.8. The number of anilines is 1. The van der Waals surface area contributed by atoms with Crippen LogP contribution in [0.25, 0.3) is 15.9 Å². The summed E-state index contributed by atoms with van der Waals surface area (Å²) < 4.78 is 34.1. The zero-order chi connectivity index (χ0) is 24.7. The maximum Gasteiger partial charge on any atom is 0.308 e. The van der Waals surface area contributed by atoms with Gasteiger partial charge in [0.25, 0.3) is 15.6 Å². The van der Waals surface area contributed by atoms with Crippen LogP contribution in [0.15, 0.2) is 93.3 Å². The van der Waals surface area contributed by atoms with E-state index in [2.05, 4.69) is 4.72 Å². The molecule has 1 N–H and O–H groups in total. The van der Waals surface area contributed by atoms with E-state index in [0.717, 1.165) is 16.9 Å². The number of thiazole rings is 1. The maximum absolute atomic E-state index is 13.2. The quantitative estimate of drug-likeness (QED) is 0.380. The third kappa shape index (κ3) is 4.11. The van der Waals surface area contributed by atoms with Gasteiger partial charge >= 0.3 is 4.87 Å². The molecule has 0 atom stereocenters. The Kier molecular flexibility index (Phi) is 5.70. The van der Waals surface area contributed by atoms with E-state index in [0.29, 0.717) is 28.1 Å². The Hall–Kier alpha value is -3.89. The van der Waals surface area contributed by atoms with Crippen molar-refractivity contribution < 1.29 is 8.42 Å². The van der Waals surface area contributed by atoms with Crippen molar-refractivity contribution in [2.24, 2.45) is 7.05 Å². The average Bonchev–Trinajstić information content (AvgIpc) is 3.27. The molecule has 0 aliphatic rings. The minimum atomic E-state index is -4.08. The van der Waals surface area contributed by atoms with Crippen LogP contribution < -0.4 is 15.2 Å². The molecule has 2 aromatic heterocycles. The van der Waals surface area contributed by atoms with Crippen LogP contribution in [-0.4, -0.2) is 22.3 Å². The van der Waals surface area contributed by atoms with E-state index in [1.54, 1.807) is 53.6 Å². The van der Waals surface area contributed by atoms with Crippen molar-refractivity contribution in [1.29, 1.82) is 0 Å². The first-order valence-electron chi connectivity index (χ1n) is 10.8. The Balaban J connectivity index is 1.51. The molecule has 0 saturated carbocycles. The molecular weight excluding hydrogens is 484 g/mol. The third-order valence-corrected chi connectivity index (χ3v) is 8.21. The van der Waals surface area contributed by atoms with Crippen molar-refractivity contribution in [3.8, 4) is 5.69 Å². The number of aromatic nitrogens is 3. The van der Waals surface area contributed by atoms with Gasteiger partial charge in [-0.15, -0.1) is 0 Å². The maximum atomic E-state index is 13.2. The van der Waals surface area contributed by atoms with E-state index in [-0.39, 0.29) is 15.5 Å². The Morgan fingerprint density at radius 2 is 1.57 bits per heavy atom. The molecule has 10 heteroatoms. The van der Waals surface area contributed by atoms with E-state index in [1.165, 1.54) is 16.8 Å². The standard InChI is InChI=1S/C25H22N4O4S2/c1-17-23(24(30)29(27(17)2)19-11-7-4-8-12-19)26-35(32,33)20-13-14-21-22(15-20)34-25(31)28(21)16-18-9-5-3-6-10-18/h3-15,26H,16H2,1-2H3. The number of nitrogens with zero attached hydrogens (tertiary/aromatic N) is 3. The number of fused-ring (bicyclic) bond motifs is 1. The van der Waals surface area contributed by atoms with Gasteiger partial charge in [0.2, 0.25) is 0 Å². The van der Waals surface area contributed by atoms with Crippen molar-refractivity contribution in [2.75, 3.05) is 4.72 Å². The van der Waals surface area contributed by atoms with E-state index in [9.17, 15) is 18.0 Å². The highest BCUT2D eigenvalue weighted by molar-refractivity contribution is 7.92. The topological polar surface area (TPSA) is 95.1 Å². The van der Waals surface area contributed by atoms with Crippen molar-refractivity contribution >= 4 is 37.3 Å². The summed E-state index contributed by atoms with van der Waals surface area (Å²) in [6.07, 6.45) is 0. The Morgan fingerprint density at radius 1 is 0.914 bits per heavy atom. The van der Waals surface area contributed by atoms with Gasteiger partial charge in [0.15, 0.2) is 0 Å². The van der Waals surface area contributed by atoms with Gasteiger partial charge in [-0.1, -0.05) is 59.9 Å². The smallest absolute Gasteiger partial charge is 0.294 e. The fraction of sp³-hybridized carbons (Fsp3) is 0.120. The van der Waals surface area contributed by atoms with E-state index in [1.807, 2.05) is 36.4 Å². The largest absolute Gasteiger partial charge is 0.308 e. The summed E-state index contributed by atoms with van der Waals surface area (Å²) in [5.41, 5.74) is 2.24. The molecule has 8 nitrogen and oxygen atoms in total. The molecule has 0 aliphatic carbocycles. The minimum Gasteiger partial charge on any atom is -0.294 e. The minimum absolute atomic E-state index is 0.0213. The highest BCUT2D eigenvalue weighted by atomic mass is 32.2. The Labute approximate surface area is 205 Å². The van der Waals surface area contributed by atoms with E-state index < -0.39 is 15.6 Å². The van der Waals surface area contributed by atoms with E-state index >= 15 is 0 Å². The summed E-state index contributed by atoms with van der Waals surface area (Å²) in [5, 5.41) is 0. The summed E-state index contributed by atoms with van der Waals surface area (Å²) in [5.74, 6) is 0. The van der Waals surface area contributed by atoms with Crippen molar-refractivity contribution in [3.63, 3.8) is 0 Å². The molecular formula is C25H22N4O4S2. The van der Waals surface area contributed by atoms with Crippen LogP contribution in [0.3, 0.4) is 0 Å². The highest BCUT2D eigenvalue weighted by Gasteiger charge is 2.23. The summed E-state index contributed by atoms with van der Waals surface area (Å²) in [6.45, 7) is 2.07. The number of para-hydroxylation sites is 1. The van der Waals surface area contributed by atoms with Gasteiger partial charge in [0.1, 0.15) is 5.69 Å². The molecule has 178 valence electrons. The average molecular weight is 507 g/mol. The fourth-order valence-corrected chi connectivity index (χ4v) is 6.16. The van der Waals surface area contributed by atoms with Crippen LogP contribution in [-0.2, 0) is 23.6 Å². The third-order valence-electron chi connectivity index (χ3n) is 5.92. The SMILES string of the molecule is Cc1c(NS(=O)(=O)c2ccc3c(c2)sc(=O)n3Cc2ccccc2)c(=O)n(-c2ccccc2)n1C. The van der Waals surface area contributed by atoms with Gasteiger partial charge in [-0.25, -0.2) is 13.1 Å². The lowest BCUT2D eigenvalue weighted by Gasteiger charge is -2.08. The van der Waals surface area contributed by atoms with Gasteiger partial charge in [0.05, 0.1) is 33.0 Å². The second kappa shape index (κ2) is 8.71. The molecule has 0 unspecified atom stereocenters. The Bertz CT molecular complexity index is 1760. The molecule has 5 rings (SSSR count). The number of benzene rings is 3. The van der Waals surface area contributed by atoms with Gasteiger partial charge in [-0.05, 0) is 42.8 Å². The van der Waals surface area contributed by atoms with Crippen molar-refractivity contribution in [1.82, 2.24) is 13.9 Å². The summed E-state index contributed by atoms with van der Waals surface area (Å²) >= 11 is 0.990. The number of sulfonamides is 1. The molecule has 2 heterocycles. The molecule has 0 fully saturated rings. The van der Waals surface area contributed by atoms with Crippen LogP contribution in [0.4, 0.5) is 5.69 Å². The monoisotopic (exact) mass is 506 g/mol. The zero-order valence-electron chi connectivity index (χ0n) is 19.0. The second-order valence-electron chi connectivity index (χ2n) is 8.11. The fourth-order valence-electron chi connectivity index (χ4n) is 4.01. The predicted octanol–water partition coefficient (Wildman–Crippen LogP) is 3.71. The van der Waals surface area contributed by atoms with Gasteiger partial charge in [-0.3, -0.25) is 23.6 Å². The molecule has 0 radical (unpaired) electrons. The predicted molar refractivity (Wildman–Crippen MR) is 138 cm³/mol. The van der Waals surface area contributed by atoms with Gasteiger partial charge < -0.3 is 0 Å². The highest BCUT2D eigenvalue weighted by Crippen LogP contribution is 2.25. The summed E-state index contributed by atoms with van der Waals surface area (Å²) in [6, 6.07) is 23.1. The molecule has 5 aromatic rings. The van der Waals surface area contributed by atoms with Crippen LogP contribution in [0.5, 0.6) is 0 Å². The van der Waals surface area contributed by atoms with E-state index in [4.69, 9.17) is 0 Å². The van der Waals surface area contributed by atoms with Crippen LogP contribution in [0, 0.1) is 6.92 Å². The van der Waals surface area contributed by atoms with Gasteiger partial charge in [0, 0.05) is 7.05 Å². The molecule has 0 spiro atoms. The normalized spacial score (nSPS) is 11.7. The first-order chi connectivity index (χ1) is 16.8. The first kappa shape index (κ1) is 22.9. The van der Waals surface area contributed by atoms with Gasteiger partial charge in [-0.2, -0.15) is 0 Å². The zero-order valence-corrected chi connectivity index (χ0v) is 20.6. The molecule has 0 aliphatic heterocycles. The summed E-state index contributed by atoms with van der Waals surface area (Å²) in [7, 11) is -2.38. The van der Waals surface area contributed by atoms with Crippen LogP contribution in [0.1, 0.15) is 11.3 Å². The van der Waals surface area contributed by atoms with Crippen LogP contribution in [0.2, 0.25) is 0 Å². The molecule has 35 heavy (non-hydrogen) atoms. The number of nitrogens with one attached hydrogen (secondary N) is 1. The number of hydrogen-bond acceptors (Lipinski definition) is 5. The number of hydrogen-bond donors (Lipinski definition) is 1. The molecule has 0 saturated heterocycles. The summed E-state index contributed by atoms with van der Waals surface area (Å²) in [4.78, 5) is 25.6. The molecule has 0 amide bonds. The lowest BCUT2D eigenvalue weighted by molar-refractivity contribution is 0.601.